The van der Waals surface area contributed by atoms with Crippen molar-refractivity contribution in [1.82, 2.24) is 9.62 Å². The van der Waals surface area contributed by atoms with Gasteiger partial charge in [0.15, 0.2) is 11.7 Å². The molecule has 0 bridgehead atoms. The molecule has 2 aromatic rings. The molecule has 166 valence electrons. The zero-order valence-corrected chi connectivity index (χ0v) is 20.0. The van der Waals surface area contributed by atoms with Crippen LogP contribution in [0.3, 0.4) is 0 Å². The van der Waals surface area contributed by atoms with Crippen LogP contribution in [0.15, 0.2) is 51.8 Å². The maximum atomic E-state index is 12.6. The minimum Gasteiger partial charge on any atom is -0.483 e. The third-order valence-corrected chi connectivity index (χ3v) is 7.16. The van der Waals surface area contributed by atoms with Crippen LogP contribution in [0.25, 0.3) is 0 Å². The minimum absolute atomic E-state index is 0.0837. The lowest BCUT2D eigenvalue weighted by Gasteiger charge is -2.26. The Morgan fingerprint density at radius 2 is 1.87 bits per heavy atom. The molecule has 0 aromatic heterocycles. The second kappa shape index (κ2) is 10.5. The lowest BCUT2D eigenvalue weighted by atomic mass is 10.2. The lowest BCUT2D eigenvalue weighted by molar-refractivity contribution is -0.121. The number of aryl methyl sites for hydroxylation is 1. The molecule has 1 heterocycles. The van der Waals surface area contributed by atoms with E-state index in [4.69, 9.17) is 21.7 Å². The number of amides is 1. The second-order valence-corrected chi connectivity index (χ2v) is 9.97. The highest BCUT2D eigenvalue weighted by Crippen LogP contribution is 2.25. The maximum Gasteiger partial charge on any atom is 0.264 e. The van der Waals surface area contributed by atoms with Gasteiger partial charge in [-0.2, -0.15) is 4.31 Å². The van der Waals surface area contributed by atoms with Crippen molar-refractivity contribution in [3.8, 4) is 5.75 Å². The summed E-state index contributed by atoms with van der Waals surface area (Å²) in [4.78, 5) is 12.3. The Balaban J connectivity index is 1.51. The quantitative estimate of drug-likeness (QED) is 0.557. The number of ether oxygens (including phenoxy) is 2. The van der Waals surface area contributed by atoms with Gasteiger partial charge in [0.2, 0.25) is 10.0 Å². The van der Waals surface area contributed by atoms with Gasteiger partial charge in [0.25, 0.3) is 5.91 Å². The monoisotopic (exact) mass is 527 g/mol. The first-order valence-corrected chi connectivity index (χ1v) is 12.1. The van der Waals surface area contributed by atoms with Gasteiger partial charge in [-0.15, -0.1) is 0 Å². The topological polar surface area (TPSA) is 97.0 Å². The van der Waals surface area contributed by atoms with E-state index in [2.05, 4.69) is 26.6 Å². The van der Waals surface area contributed by atoms with Gasteiger partial charge in [-0.3, -0.25) is 10.1 Å². The van der Waals surface area contributed by atoms with Crippen molar-refractivity contribution in [2.24, 2.45) is 0 Å². The van der Waals surface area contributed by atoms with Gasteiger partial charge >= 0.3 is 0 Å². The Hall–Kier alpha value is -2.05. The van der Waals surface area contributed by atoms with Crippen LogP contribution < -0.4 is 15.4 Å². The molecule has 0 aliphatic carbocycles. The molecule has 3 rings (SSSR count). The third kappa shape index (κ3) is 6.47. The van der Waals surface area contributed by atoms with Gasteiger partial charge < -0.3 is 14.8 Å². The molecule has 1 aliphatic heterocycles. The normalized spacial score (nSPS) is 14.6. The molecule has 1 saturated heterocycles. The molecule has 1 fully saturated rings. The summed E-state index contributed by atoms with van der Waals surface area (Å²) in [5.41, 5.74) is 1.62. The molecule has 0 saturated carbocycles. The summed E-state index contributed by atoms with van der Waals surface area (Å²) in [6.45, 7) is 3.18. The first kappa shape index (κ1) is 23.6. The Bertz CT molecular complexity index is 1050. The van der Waals surface area contributed by atoms with E-state index in [0.717, 1.165) is 10.0 Å². The van der Waals surface area contributed by atoms with E-state index in [1.165, 1.54) is 16.4 Å². The summed E-state index contributed by atoms with van der Waals surface area (Å²) in [7, 11) is -3.56. The van der Waals surface area contributed by atoms with Crippen LogP contribution >= 0.6 is 28.1 Å². The van der Waals surface area contributed by atoms with Crippen LogP contribution in [0.4, 0.5) is 5.69 Å². The Morgan fingerprint density at radius 1 is 1.19 bits per heavy atom. The van der Waals surface area contributed by atoms with Gasteiger partial charge in [0.1, 0.15) is 5.75 Å². The van der Waals surface area contributed by atoms with E-state index >= 15 is 0 Å². The fourth-order valence-corrected chi connectivity index (χ4v) is 5.08. The van der Waals surface area contributed by atoms with Crippen LogP contribution in [0.5, 0.6) is 5.75 Å². The summed E-state index contributed by atoms with van der Waals surface area (Å²) < 4.78 is 38.1. The van der Waals surface area contributed by atoms with E-state index in [-0.39, 0.29) is 16.6 Å². The average molecular weight is 528 g/mol. The number of morpholine rings is 1. The number of carbonyl (C=O) groups excluding carboxylic acids is 1. The molecule has 0 atom stereocenters. The fraction of sp³-hybridized carbons (Fsp3) is 0.300. The first-order chi connectivity index (χ1) is 14.8. The SMILES string of the molecule is Cc1ccc(OCC(=O)NC(=S)Nc2ccc(S(=O)(=O)N3CCOCC3)cc2)c(Br)c1. The molecular weight excluding hydrogens is 506 g/mol. The van der Waals surface area contributed by atoms with Crippen molar-refractivity contribution in [3.05, 3.63) is 52.5 Å². The smallest absolute Gasteiger partial charge is 0.264 e. The second-order valence-electron chi connectivity index (χ2n) is 6.77. The summed E-state index contributed by atoms with van der Waals surface area (Å²) in [6, 6.07) is 11.7. The zero-order valence-electron chi connectivity index (χ0n) is 16.8. The highest BCUT2D eigenvalue weighted by Gasteiger charge is 2.26. The van der Waals surface area contributed by atoms with E-state index < -0.39 is 15.9 Å². The number of nitrogens with zero attached hydrogens (tertiary/aromatic N) is 1. The maximum absolute atomic E-state index is 12.6. The molecular formula is C20H22BrN3O5S2. The van der Waals surface area contributed by atoms with Gasteiger partial charge in [-0.05, 0) is 77.0 Å². The number of sulfonamides is 1. The molecule has 0 spiro atoms. The van der Waals surface area contributed by atoms with Crippen LogP contribution in [-0.4, -0.2) is 56.7 Å². The van der Waals surface area contributed by atoms with Crippen LogP contribution in [-0.2, 0) is 19.6 Å². The highest BCUT2D eigenvalue weighted by atomic mass is 79.9. The van der Waals surface area contributed by atoms with Crippen molar-refractivity contribution in [1.29, 1.82) is 0 Å². The van der Waals surface area contributed by atoms with E-state index in [1.54, 1.807) is 18.2 Å². The first-order valence-electron chi connectivity index (χ1n) is 9.43. The average Bonchev–Trinajstić information content (AvgIpc) is 2.74. The van der Waals surface area contributed by atoms with Crippen LogP contribution in [0.1, 0.15) is 5.56 Å². The van der Waals surface area contributed by atoms with Gasteiger partial charge in [0, 0.05) is 18.8 Å². The van der Waals surface area contributed by atoms with E-state index in [0.29, 0.717) is 37.7 Å². The van der Waals surface area contributed by atoms with Gasteiger partial charge in [-0.25, -0.2) is 8.42 Å². The zero-order chi connectivity index (χ0) is 22.4. The number of thiocarbonyl (C=S) groups is 1. The number of hydrogen-bond donors (Lipinski definition) is 2. The largest absolute Gasteiger partial charge is 0.483 e. The summed E-state index contributed by atoms with van der Waals surface area (Å²) in [5.74, 6) is 0.133. The number of halogens is 1. The van der Waals surface area contributed by atoms with E-state index in [1.807, 2.05) is 19.1 Å². The van der Waals surface area contributed by atoms with Gasteiger partial charge in [-0.1, -0.05) is 6.07 Å². The van der Waals surface area contributed by atoms with Crippen LogP contribution in [0, 0.1) is 6.92 Å². The van der Waals surface area contributed by atoms with Crippen molar-refractivity contribution in [2.75, 3.05) is 38.2 Å². The molecule has 1 amide bonds. The molecule has 2 N–H and O–H groups in total. The fourth-order valence-electron chi connectivity index (χ4n) is 2.84. The van der Waals surface area contributed by atoms with Crippen molar-refractivity contribution >= 4 is 54.9 Å². The lowest BCUT2D eigenvalue weighted by Crippen LogP contribution is -2.40. The third-order valence-electron chi connectivity index (χ3n) is 4.42. The van der Waals surface area contributed by atoms with Crippen molar-refractivity contribution < 1.29 is 22.7 Å². The van der Waals surface area contributed by atoms with Crippen molar-refractivity contribution in [2.45, 2.75) is 11.8 Å². The summed E-state index contributed by atoms with van der Waals surface area (Å²) in [6.07, 6.45) is 0. The molecule has 31 heavy (non-hydrogen) atoms. The Labute approximate surface area is 195 Å². The number of rotatable bonds is 6. The highest BCUT2D eigenvalue weighted by molar-refractivity contribution is 9.10. The predicted octanol–water partition coefficient (Wildman–Crippen LogP) is 2.67. The number of benzene rings is 2. The molecule has 2 aromatic carbocycles. The van der Waals surface area contributed by atoms with E-state index in [9.17, 15) is 13.2 Å². The minimum atomic E-state index is -3.56. The molecule has 11 heteroatoms. The molecule has 8 nitrogen and oxygen atoms in total. The van der Waals surface area contributed by atoms with Crippen LogP contribution in [0.2, 0.25) is 0 Å². The molecule has 0 unspecified atom stereocenters. The summed E-state index contributed by atoms with van der Waals surface area (Å²) in [5, 5.41) is 5.46. The number of anilines is 1. The molecule has 0 radical (unpaired) electrons. The number of carbonyl (C=O) groups is 1. The summed E-state index contributed by atoms with van der Waals surface area (Å²) >= 11 is 8.54. The predicted molar refractivity (Wildman–Crippen MR) is 125 cm³/mol. The van der Waals surface area contributed by atoms with Crippen molar-refractivity contribution in [3.63, 3.8) is 0 Å². The standard InChI is InChI=1S/C20H22BrN3O5S2/c1-14-2-7-18(17(21)12-14)29-13-19(25)23-20(30)22-15-3-5-16(6-4-15)31(26,27)24-8-10-28-11-9-24/h2-7,12H,8-11,13H2,1H3,(H2,22,23,25,30). The Morgan fingerprint density at radius 3 is 2.52 bits per heavy atom. The number of nitrogens with one attached hydrogen (secondary N) is 2. The molecule has 1 aliphatic rings. The number of hydrogen-bond acceptors (Lipinski definition) is 6. The Kier molecular flexibility index (Phi) is 8.00. The van der Waals surface area contributed by atoms with Gasteiger partial charge in [0.05, 0.1) is 22.6 Å².